The number of fused-ring (bicyclic) bond motifs is 1. The Hall–Kier alpha value is -3.66. The predicted molar refractivity (Wildman–Crippen MR) is 195 cm³/mol. The van der Waals surface area contributed by atoms with Crippen LogP contribution in [0.25, 0.3) is 11.2 Å². The second-order valence-electron chi connectivity index (χ2n) is 13.1. The highest BCUT2D eigenvalue weighted by Gasteiger charge is 2.43. The lowest BCUT2D eigenvalue weighted by molar-refractivity contribution is -0.116. The minimum atomic E-state index is -1.78. The van der Waals surface area contributed by atoms with Gasteiger partial charge < -0.3 is 34.0 Å². The Morgan fingerprint density at radius 3 is 1.78 bits per heavy atom. The number of carbonyl (C=O) groups is 2. The van der Waals surface area contributed by atoms with Crippen LogP contribution in [-0.4, -0.2) is 70.5 Å². The van der Waals surface area contributed by atoms with Gasteiger partial charge in [-0.1, -0.05) is 135 Å². The van der Waals surface area contributed by atoms with Gasteiger partial charge >= 0.3 is 18.4 Å². The monoisotopic (exact) mass is 719 g/mol. The molecule has 0 aliphatic rings. The Labute approximate surface area is 304 Å². The van der Waals surface area contributed by atoms with Crippen molar-refractivity contribution in [2.75, 3.05) is 32.7 Å². The first kappa shape index (κ1) is 43.5. The summed E-state index contributed by atoms with van der Waals surface area (Å²) < 4.78 is 42.9. The fraction of sp³-hybridized carbons (Fsp3) is 0.763. The number of hydrogen-bond acceptors (Lipinski definition) is 11. The zero-order valence-corrected chi connectivity index (χ0v) is 31.3. The molecule has 2 rings (SSSR count). The van der Waals surface area contributed by atoms with Gasteiger partial charge in [-0.2, -0.15) is 14.4 Å². The van der Waals surface area contributed by atoms with Crippen LogP contribution in [0.15, 0.2) is 6.33 Å². The minimum absolute atomic E-state index is 0.0474. The summed E-state index contributed by atoms with van der Waals surface area (Å²) in [5, 5.41) is 0. The smallest absolute Gasteiger partial charge is 0.434 e. The molecule has 1 unspecified atom stereocenters. The number of aromatic nitrogens is 4. The Morgan fingerprint density at radius 1 is 0.804 bits per heavy atom. The minimum Gasteiger partial charge on any atom is -0.434 e. The van der Waals surface area contributed by atoms with Crippen molar-refractivity contribution in [1.82, 2.24) is 19.5 Å². The quantitative estimate of drug-likeness (QED) is 0.0371. The average molecular weight is 720 g/mol. The van der Waals surface area contributed by atoms with Crippen LogP contribution in [0.5, 0.6) is 0 Å². The topological polar surface area (TPSA) is 150 Å². The highest BCUT2D eigenvalue weighted by Crippen LogP contribution is 2.25. The molecule has 0 fully saturated rings. The van der Waals surface area contributed by atoms with Crippen LogP contribution in [0, 0.1) is 18.4 Å². The summed E-state index contributed by atoms with van der Waals surface area (Å²) in [7, 11) is 1.30. The molecule has 2 N–H and O–H groups in total. The maximum absolute atomic E-state index is 14.1. The molecule has 51 heavy (non-hydrogen) atoms. The van der Waals surface area contributed by atoms with E-state index in [1.807, 2.05) is 0 Å². The van der Waals surface area contributed by atoms with Crippen LogP contribution in [0.2, 0.25) is 0 Å². The maximum atomic E-state index is 14.1. The van der Waals surface area contributed by atoms with Gasteiger partial charge in [0.1, 0.15) is 12.1 Å². The number of methoxy groups -OCH3 is 1. The molecule has 288 valence electrons. The lowest BCUT2D eigenvalue weighted by Gasteiger charge is -2.33. The molecule has 2 atom stereocenters. The third kappa shape index (κ3) is 16.9. The Bertz CT molecular complexity index is 1300. The van der Waals surface area contributed by atoms with Gasteiger partial charge in [-0.3, -0.25) is 0 Å². The van der Waals surface area contributed by atoms with Crippen molar-refractivity contribution in [3.8, 4) is 12.3 Å². The van der Waals surface area contributed by atoms with E-state index in [1.54, 1.807) is 0 Å². The second kappa shape index (κ2) is 26.2. The lowest BCUT2D eigenvalue weighted by atomic mass is 9.97. The van der Waals surface area contributed by atoms with E-state index in [0.29, 0.717) is 12.8 Å². The Balaban J connectivity index is 1.93. The fourth-order valence-corrected chi connectivity index (χ4v) is 5.86. The molecule has 0 aromatic carbocycles. The summed E-state index contributed by atoms with van der Waals surface area (Å²) in [5.41, 5.74) is 4.25. The van der Waals surface area contributed by atoms with E-state index in [9.17, 15) is 14.0 Å². The van der Waals surface area contributed by atoms with E-state index in [4.69, 9.17) is 35.8 Å². The summed E-state index contributed by atoms with van der Waals surface area (Å²) in [6.45, 7) is 4.06. The van der Waals surface area contributed by atoms with Crippen LogP contribution in [0.3, 0.4) is 0 Å². The Kier molecular flexibility index (Phi) is 22.3. The van der Waals surface area contributed by atoms with Crippen LogP contribution < -0.4 is 5.73 Å². The number of terminal acetylenes is 1. The summed E-state index contributed by atoms with van der Waals surface area (Å²) in [5.74, 6) is 2.32. The standard InChI is InChI=1S/C38H62FN5O7/c1-5-8-10-12-14-16-18-20-22-24-26-48-36(45)50-29-38(7-3,47-4)31(28-44-30-41-32-33(40)42-35(39)43-34(32)44)51-37(46)49-27-25-23-21-19-17-15-13-11-9-6-2/h3,30-31H,5-6,8-29H2,1-2,4H3,(H2,40,42,43)/t31-,38?/m0/s1. The molecule has 0 bridgehead atoms. The zero-order valence-electron chi connectivity index (χ0n) is 31.3. The first-order valence-corrected chi connectivity index (χ1v) is 19.1. The molecule has 13 heteroatoms. The number of ether oxygens (including phenoxy) is 5. The molecule has 2 aromatic heterocycles. The fourth-order valence-electron chi connectivity index (χ4n) is 5.86. The SMILES string of the molecule is C#CC(COC(=O)OCCCCCCCCCCCC)(OC)[C@H](Cn1cnc2c(N)nc(F)nc21)OC(=O)OCCCCCCCCCCCC. The maximum Gasteiger partial charge on any atom is 0.508 e. The summed E-state index contributed by atoms with van der Waals surface area (Å²) in [6.07, 6.45) is 25.9. The molecule has 2 heterocycles. The number of imidazole rings is 1. The number of unbranched alkanes of at least 4 members (excludes halogenated alkanes) is 18. The highest BCUT2D eigenvalue weighted by atomic mass is 19.1. The summed E-state index contributed by atoms with van der Waals surface area (Å²) in [4.78, 5) is 36.9. The molecular weight excluding hydrogens is 657 g/mol. The molecule has 0 amide bonds. The first-order chi connectivity index (χ1) is 24.8. The van der Waals surface area contributed by atoms with E-state index < -0.39 is 36.7 Å². The number of halogens is 1. The average Bonchev–Trinajstić information content (AvgIpc) is 3.52. The molecule has 12 nitrogen and oxygen atoms in total. The van der Waals surface area contributed by atoms with Gasteiger partial charge in [-0.15, -0.1) is 6.42 Å². The van der Waals surface area contributed by atoms with Gasteiger partial charge in [0.25, 0.3) is 0 Å². The number of anilines is 1. The number of rotatable bonds is 29. The van der Waals surface area contributed by atoms with Crippen molar-refractivity contribution < 1.29 is 37.7 Å². The lowest BCUT2D eigenvalue weighted by Crippen LogP contribution is -2.51. The third-order valence-corrected chi connectivity index (χ3v) is 9.03. The van der Waals surface area contributed by atoms with E-state index in [-0.39, 0.29) is 36.7 Å². The van der Waals surface area contributed by atoms with Gasteiger partial charge in [0.2, 0.25) is 5.60 Å². The van der Waals surface area contributed by atoms with Gasteiger partial charge in [-0.05, 0) is 12.8 Å². The van der Waals surface area contributed by atoms with Crippen molar-refractivity contribution in [1.29, 1.82) is 0 Å². The van der Waals surface area contributed by atoms with Crippen molar-refractivity contribution in [3.63, 3.8) is 0 Å². The summed E-state index contributed by atoms with van der Waals surface area (Å²) in [6, 6.07) is 0. The number of nitrogens with two attached hydrogens (primary N) is 1. The molecule has 0 aliphatic carbocycles. The van der Waals surface area contributed by atoms with Crippen LogP contribution in [0.4, 0.5) is 19.8 Å². The molecule has 0 saturated heterocycles. The normalized spacial score (nSPS) is 13.0. The van der Waals surface area contributed by atoms with Gasteiger partial charge in [-0.25, -0.2) is 14.6 Å². The van der Waals surface area contributed by atoms with Gasteiger partial charge in [0.15, 0.2) is 17.6 Å². The van der Waals surface area contributed by atoms with Gasteiger partial charge in [0, 0.05) is 7.11 Å². The summed E-state index contributed by atoms with van der Waals surface area (Å²) >= 11 is 0. The van der Waals surface area contributed by atoms with Crippen LogP contribution >= 0.6 is 0 Å². The number of nitrogens with zero attached hydrogens (tertiary/aromatic N) is 4. The van der Waals surface area contributed by atoms with Crippen molar-refractivity contribution in [2.45, 2.75) is 161 Å². The van der Waals surface area contributed by atoms with Crippen LogP contribution in [0.1, 0.15) is 142 Å². The predicted octanol–water partition coefficient (Wildman–Crippen LogP) is 9.08. The van der Waals surface area contributed by atoms with Crippen molar-refractivity contribution >= 4 is 29.3 Å². The van der Waals surface area contributed by atoms with Crippen molar-refractivity contribution in [2.24, 2.45) is 0 Å². The Morgan fingerprint density at radius 2 is 1.29 bits per heavy atom. The van der Waals surface area contributed by atoms with E-state index in [0.717, 1.165) is 38.5 Å². The largest absolute Gasteiger partial charge is 0.508 e. The molecule has 0 saturated carbocycles. The van der Waals surface area contributed by atoms with E-state index in [2.05, 4.69) is 34.7 Å². The molecule has 2 aromatic rings. The number of nitrogen functional groups attached to an aromatic ring is 1. The molecule has 0 spiro atoms. The highest BCUT2D eigenvalue weighted by molar-refractivity contribution is 5.81. The second-order valence-corrected chi connectivity index (χ2v) is 13.1. The zero-order chi connectivity index (χ0) is 37.2. The molecule has 0 aliphatic heterocycles. The third-order valence-electron chi connectivity index (χ3n) is 9.03. The van der Waals surface area contributed by atoms with Crippen LogP contribution in [-0.2, 0) is 30.2 Å². The van der Waals surface area contributed by atoms with E-state index >= 15 is 0 Å². The first-order valence-electron chi connectivity index (χ1n) is 19.1. The number of hydrogen-bond donors (Lipinski definition) is 1. The molecule has 0 radical (unpaired) electrons. The van der Waals surface area contributed by atoms with E-state index in [1.165, 1.54) is 95.1 Å². The van der Waals surface area contributed by atoms with Gasteiger partial charge in [0.05, 0.1) is 26.1 Å². The van der Waals surface area contributed by atoms with Crippen molar-refractivity contribution in [3.05, 3.63) is 12.4 Å². The number of carbonyl (C=O) groups excluding carboxylic acids is 2. The molecular formula is C38H62FN5O7.